The van der Waals surface area contributed by atoms with Gasteiger partial charge in [-0.05, 0) is 46.7 Å². The van der Waals surface area contributed by atoms with Crippen molar-refractivity contribution >= 4 is 33.8 Å². The van der Waals surface area contributed by atoms with Crippen LogP contribution in [0.1, 0.15) is 21.5 Å². The number of carbonyl (C=O) groups is 1. The molecule has 0 fully saturated rings. The maximum Gasteiger partial charge on any atom is 0.272 e. The minimum Gasteiger partial charge on any atom is -0.488 e. The molecule has 1 heterocycles. The average Bonchev–Trinajstić information content (AvgIpc) is 3.01. The second-order valence-corrected chi connectivity index (χ2v) is 9.25. The van der Waals surface area contributed by atoms with E-state index >= 15 is 0 Å². The molecule has 194 valence electrons. The molecule has 0 bridgehead atoms. The van der Waals surface area contributed by atoms with Crippen LogP contribution in [0.25, 0.3) is 32.9 Å². The molecule has 0 saturated carbocycles. The van der Waals surface area contributed by atoms with Crippen LogP contribution < -0.4 is 10.2 Å². The van der Waals surface area contributed by atoms with Crippen molar-refractivity contribution in [2.45, 2.75) is 6.61 Å². The molecule has 1 aromatic heterocycles. The molecule has 0 aliphatic rings. The number of halogens is 1. The van der Waals surface area contributed by atoms with Gasteiger partial charge >= 0.3 is 0 Å². The Morgan fingerprint density at radius 3 is 2.38 bits per heavy atom. The topological polar surface area (TPSA) is 63.6 Å². The number of amides is 1. The molecule has 6 rings (SSSR count). The zero-order valence-electron chi connectivity index (χ0n) is 21.4. The van der Waals surface area contributed by atoms with Crippen LogP contribution in [0.15, 0.2) is 126 Å². The van der Waals surface area contributed by atoms with E-state index in [2.05, 4.69) is 10.5 Å². The maximum atomic E-state index is 13.4. The highest BCUT2D eigenvalue weighted by Crippen LogP contribution is 2.28. The van der Waals surface area contributed by atoms with Crippen LogP contribution in [0.4, 0.5) is 4.39 Å². The lowest BCUT2D eigenvalue weighted by Gasteiger charge is -2.12. The Hall–Kier alpha value is -5.36. The summed E-state index contributed by atoms with van der Waals surface area (Å²) in [7, 11) is 0. The van der Waals surface area contributed by atoms with E-state index in [9.17, 15) is 9.18 Å². The third kappa shape index (κ3) is 5.28. The number of hydrogen-bond acceptors (Lipinski definition) is 4. The van der Waals surface area contributed by atoms with E-state index in [1.54, 1.807) is 24.4 Å². The summed E-state index contributed by atoms with van der Waals surface area (Å²) in [5, 5.41) is 7.01. The molecule has 1 N–H and O–H groups in total. The lowest BCUT2D eigenvalue weighted by atomic mass is 10.0. The number of hydrazone groups is 1. The lowest BCUT2D eigenvalue weighted by molar-refractivity contribution is 0.0956. The first-order chi connectivity index (χ1) is 19.7. The SMILES string of the molecule is O=C(N/N=C\c1c(OCc2ccc(F)cc2)ccc2ccccc12)c1cc(-c2ccccc2)nc2ccccc12. The van der Waals surface area contributed by atoms with E-state index in [4.69, 9.17) is 9.72 Å². The Bertz CT molecular complexity index is 1850. The maximum absolute atomic E-state index is 13.4. The van der Waals surface area contributed by atoms with Gasteiger partial charge < -0.3 is 4.74 Å². The number of ether oxygens (including phenoxy) is 1. The smallest absolute Gasteiger partial charge is 0.272 e. The third-order valence-corrected chi connectivity index (χ3v) is 6.63. The molecule has 5 nitrogen and oxygen atoms in total. The van der Waals surface area contributed by atoms with Gasteiger partial charge in [0.1, 0.15) is 18.2 Å². The summed E-state index contributed by atoms with van der Waals surface area (Å²) in [4.78, 5) is 18.2. The Kier molecular flexibility index (Phi) is 6.97. The highest BCUT2D eigenvalue weighted by molar-refractivity contribution is 6.08. The van der Waals surface area contributed by atoms with Crippen LogP contribution in [-0.2, 0) is 6.61 Å². The second kappa shape index (κ2) is 11.2. The molecule has 6 aromatic rings. The summed E-state index contributed by atoms with van der Waals surface area (Å²) in [6.07, 6.45) is 1.60. The van der Waals surface area contributed by atoms with Crippen molar-refractivity contribution in [3.05, 3.63) is 144 Å². The summed E-state index contributed by atoms with van der Waals surface area (Å²) in [6, 6.07) is 37.0. The minimum atomic E-state index is -0.346. The van der Waals surface area contributed by atoms with Gasteiger partial charge in [-0.1, -0.05) is 91.0 Å². The van der Waals surface area contributed by atoms with Crippen molar-refractivity contribution in [1.29, 1.82) is 0 Å². The van der Waals surface area contributed by atoms with Gasteiger partial charge in [0.2, 0.25) is 0 Å². The molecule has 0 aliphatic heterocycles. The zero-order chi connectivity index (χ0) is 27.3. The molecular formula is C34H24FN3O2. The molecule has 6 heteroatoms. The van der Waals surface area contributed by atoms with E-state index in [-0.39, 0.29) is 18.3 Å². The number of rotatable bonds is 7. The Morgan fingerprint density at radius 1 is 0.825 bits per heavy atom. The van der Waals surface area contributed by atoms with Gasteiger partial charge in [0.25, 0.3) is 5.91 Å². The average molecular weight is 526 g/mol. The van der Waals surface area contributed by atoms with E-state index in [0.717, 1.165) is 38.4 Å². The van der Waals surface area contributed by atoms with Gasteiger partial charge in [0, 0.05) is 16.5 Å². The van der Waals surface area contributed by atoms with Crippen molar-refractivity contribution < 1.29 is 13.9 Å². The van der Waals surface area contributed by atoms with Gasteiger partial charge in [0.05, 0.1) is 23.0 Å². The fourth-order valence-corrected chi connectivity index (χ4v) is 4.61. The third-order valence-electron chi connectivity index (χ3n) is 6.63. The van der Waals surface area contributed by atoms with E-state index in [0.29, 0.717) is 17.0 Å². The predicted octanol–water partition coefficient (Wildman–Crippen LogP) is 7.54. The molecule has 0 aliphatic carbocycles. The van der Waals surface area contributed by atoms with Crippen LogP contribution in [0, 0.1) is 5.82 Å². The van der Waals surface area contributed by atoms with Gasteiger partial charge in [-0.15, -0.1) is 0 Å². The van der Waals surface area contributed by atoms with Crippen molar-refractivity contribution in [3.8, 4) is 17.0 Å². The van der Waals surface area contributed by atoms with E-state index < -0.39 is 0 Å². The summed E-state index contributed by atoms with van der Waals surface area (Å²) in [5.74, 6) is -0.0429. The number of fused-ring (bicyclic) bond motifs is 2. The predicted molar refractivity (Wildman–Crippen MR) is 157 cm³/mol. The summed E-state index contributed by atoms with van der Waals surface area (Å²) in [5.41, 5.74) is 7.09. The number of pyridine rings is 1. The van der Waals surface area contributed by atoms with Gasteiger partial charge in [-0.2, -0.15) is 5.10 Å². The van der Waals surface area contributed by atoms with E-state index in [1.165, 1.54) is 12.1 Å². The quantitative estimate of drug-likeness (QED) is 0.173. The molecular weight excluding hydrogens is 501 g/mol. The van der Waals surface area contributed by atoms with Crippen LogP contribution in [0.3, 0.4) is 0 Å². The fourth-order valence-electron chi connectivity index (χ4n) is 4.61. The van der Waals surface area contributed by atoms with Gasteiger partial charge in [-0.3, -0.25) is 4.79 Å². The second-order valence-electron chi connectivity index (χ2n) is 9.25. The Balaban J connectivity index is 1.30. The van der Waals surface area contributed by atoms with Gasteiger partial charge in [-0.25, -0.2) is 14.8 Å². The largest absolute Gasteiger partial charge is 0.488 e. The first-order valence-electron chi connectivity index (χ1n) is 12.8. The number of nitrogens with zero attached hydrogens (tertiary/aromatic N) is 2. The number of hydrogen-bond donors (Lipinski definition) is 1. The molecule has 0 saturated heterocycles. The van der Waals surface area contributed by atoms with Crippen molar-refractivity contribution in [2.24, 2.45) is 5.10 Å². The molecule has 0 unspecified atom stereocenters. The first-order valence-corrected chi connectivity index (χ1v) is 12.8. The Labute approximate surface area is 230 Å². The normalized spacial score (nSPS) is 11.2. The summed E-state index contributed by atoms with van der Waals surface area (Å²) >= 11 is 0. The number of nitrogens with one attached hydrogen (secondary N) is 1. The van der Waals surface area contributed by atoms with E-state index in [1.807, 2.05) is 91.0 Å². The first kappa shape index (κ1) is 24.9. The van der Waals surface area contributed by atoms with Crippen LogP contribution >= 0.6 is 0 Å². The van der Waals surface area contributed by atoms with Crippen LogP contribution in [-0.4, -0.2) is 17.1 Å². The fraction of sp³-hybridized carbons (Fsp3) is 0.0294. The molecule has 0 spiro atoms. The zero-order valence-corrected chi connectivity index (χ0v) is 21.4. The Morgan fingerprint density at radius 2 is 1.55 bits per heavy atom. The van der Waals surface area contributed by atoms with Crippen molar-refractivity contribution in [3.63, 3.8) is 0 Å². The molecule has 0 atom stereocenters. The summed E-state index contributed by atoms with van der Waals surface area (Å²) < 4.78 is 19.4. The summed E-state index contributed by atoms with van der Waals surface area (Å²) in [6.45, 7) is 0.261. The minimum absolute atomic E-state index is 0.261. The van der Waals surface area contributed by atoms with Crippen LogP contribution in [0.2, 0.25) is 0 Å². The van der Waals surface area contributed by atoms with Crippen LogP contribution in [0.5, 0.6) is 5.75 Å². The lowest BCUT2D eigenvalue weighted by Crippen LogP contribution is -2.18. The molecule has 40 heavy (non-hydrogen) atoms. The molecule has 5 aromatic carbocycles. The molecule has 0 radical (unpaired) electrons. The van der Waals surface area contributed by atoms with Gasteiger partial charge in [0.15, 0.2) is 0 Å². The number of benzene rings is 5. The number of aromatic nitrogens is 1. The van der Waals surface area contributed by atoms with Crippen molar-refractivity contribution in [1.82, 2.24) is 10.4 Å². The number of para-hydroxylation sites is 1. The molecule has 1 amide bonds. The highest BCUT2D eigenvalue weighted by atomic mass is 19.1. The number of carbonyl (C=O) groups excluding carboxylic acids is 1. The monoisotopic (exact) mass is 525 g/mol. The highest BCUT2D eigenvalue weighted by Gasteiger charge is 2.14. The standard InChI is InChI=1S/C34H24FN3O2/c35-26-17-14-23(15-18-26)22-40-33-19-16-24-8-4-5-11-27(24)30(33)21-36-38-34(39)29-20-32(25-9-2-1-3-10-25)37-31-13-7-6-12-28(29)31/h1-21H,22H2,(H,38,39)/b36-21-. The van der Waals surface area contributed by atoms with Crippen molar-refractivity contribution in [2.75, 3.05) is 0 Å².